The molecule has 8 nitrogen and oxygen atoms in total. The number of hydrogen-bond acceptors (Lipinski definition) is 8. The smallest absolute Gasteiger partial charge is 0.264 e. The molecular weight excluding hydrogens is 470 g/mol. The topological polar surface area (TPSA) is 87.1 Å². The number of aromatic nitrogens is 1. The molecule has 2 saturated heterocycles. The van der Waals surface area contributed by atoms with Crippen molar-refractivity contribution in [1.82, 2.24) is 15.2 Å². The standard InChI is InChI=1S/C24H27N5O3S2/c1-15-11-18(32-17-7-9-28(2)10-8-17)5-6-20(15)26-23-27-22(31)21(34-23)12-19-13-25-24(33-19)29(14-30)16-3-4-16/h5-6,11-14,16-17H,3-4,7-10H2,1-2H3,(H,26,27,31)/b21-12-. The van der Waals surface area contributed by atoms with Crippen LogP contribution >= 0.6 is 23.1 Å². The largest absolute Gasteiger partial charge is 0.490 e. The highest BCUT2D eigenvalue weighted by atomic mass is 32.2. The summed E-state index contributed by atoms with van der Waals surface area (Å²) in [7, 11) is 2.14. The molecule has 0 spiro atoms. The van der Waals surface area contributed by atoms with E-state index >= 15 is 0 Å². The monoisotopic (exact) mass is 497 g/mol. The molecule has 3 fully saturated rings. The molecule has 5 rings (SSSR count). The van der Waals surface area contributed by atoms with Crippen LogP contribution in [0, 0.1) is 6.92 Å². The van der Waals surface area contributed by atoms with Gasteiger partial charge in [-0.1, -0.05) is 11.3 Å². The van der Waals surface area contributed by atoms with Crippen LogP contribution in [0.25, 0.3) is 6.08 Å². The maximum atomic E-state index is 12.5. The first kappa shape index (κ1) is 23.1. The van der Waals surface area contributed by atoms with E-state index < -0.39 is 0 Å². The molecule has 0 bridgehead atoms. The van der Waals surface area contributed by atoms with Gasteiger partial charge in [-0.25, -0.2) is 9.98 Å². The Labute approximate surface area is 207 Å². The third kappa shape index (κ3) is 5.34. The first-order chi connectivity index (χ1) is 16.5. The van der Waals surface area contributed by atoms with Crippen molar-refractivity contribution in [3.05, 3.63) is 39.7 Å². The van der Waals surface area contributed by atoms with Crippen LogP contribution in [-0.4, -0.2) is 59.7 Å². The van der Waals surface area contributed by atoms with Gasteiger partial charge in [0.25, 0.3) is 5.91 Å². The number of aryl methyl sites for hydroxylation is 1. The number of likely N-dealkylation sites (tertiary alicyclic amines) is 1. The molecule has 0 unspecified atom stereocenters. The van der Waals surface area contributed by atoms with Crippen molar-refractivity contribution >= 4 is 57.5 Å². The number of nitrogens with one attached hydrogen (secondary N) is 1. The molecule has 0 atom stereocenters. The van der Waals surface area contributed by atoms with E-state index in [1.165, 1.54) is 23.1 Å². The van der Waals surface area contributed by atoms with Crippen LogP contribution in [0.5, 0.6) is 5.75 Å². The van der Waals surface area contributed by atoms with Crippen molar-refractivity contribution in [2.24, 2.45) is 4.99 Å². The quantitative estimate of drug-likeness (QED) is 0.461. The number of anilines is 1. The highest BCUT2D eigenvalue weighted by molar-refractivity contribution is 8.18. The van der Waals surface area contributed by atoms with Crippen molar-refractivity contribution in [2.75, 3.05) is 25.0 Å². The average molecular weight is 498 g/mol. The van der Waals surface area contributed by atoms with Crippen LogP contribution in [0.15, 0.2) is 34.3 Å². The van der Waals surface area contributed by atoms with E-state index in [1.807, 2.05) is 25.1 Å². The van der Waals surface area contributed by atoms with Gasteiger partial charge >= 0.3 is 0 Å². The summed E-state index contributed by atoms with van der Waals surface area (Å²) in [6, 6.07) is 6.15. The van der Waals surface area contributed by atoms with E-state index in [1.54, 1.807) is 17.2 Å². The Morgan fingerprint density at radius 3 is 2.76 bits per heavy atom. The van der Waals surface area contributed by atoms with Crippen molar-refractivity contribution < 1.29 is 14.3 Å². The van der Waals surface area contributed by atoms with Crippen molar-refractivity contribution in [1.29, 1.82) is 0 Å². The van der Waals surface area contributed by atoms with Gasteiger partial charge in [0.05, 0.1) is 15.5 Å². The van der Waals surface area contributed by atoms with E-state index in [0.29, 0.717) is 15.2 Å². The Morgan fingerprint density at radius 2 is 2.06 bits per heavy atom. The van der Waals surface area contributed by atoms with Gasteiger partial charge in [-0.3, -0.25) is 14.5 Å². The second-order valence-electron chi connectivity index (χ2n) is 8.84. The van der Waals surface area contributed by atoms with Crippen LogP contribution in [0.3, 0.4) is 0 Å². The fourth-order valence-corrected chi connectivity index (χ4v) is 5.74. The molecular formula is C24H27N5O3S2. The molecule has 2 amide bonds. The molecule has 178 valence electrons. The number of piperidine rings is 1. The number of thiazole rings is 1. The number of rotatable bonds is 7. The number of ether oxygens (including phenoxy) is 1. The number of thioether (sulfide) groups is 1. The van der Waals surface area contributed by atoms with Gasteiger partial charge in [0, 0.05) is 25.3 Å². The zero-order valence-corrected chi connectivity index (χ0v) is 20.8. The summed E-state index contributed by atoms with van der Waals surface area (Å²) in [5.41, 5.74) is 1.79. The summed E-state index contributed by atoms with van der Waals surface area (Å²) in [5.74, 6) is 0.671. The molecule has 34 heavy (non-hydrogen) atoms. The van der Waals surface area contributed by atoms with E-state index in [0.717, 1.165) is 67.1 Å². The number of amides is 2. The number of carbonyl (C=O) groups is 2. The van der Waals surface area contributed by atoms with Gasteiger partial charge < -0.3 is 15.0 Å². The second-order valence-corrected chi connectivity index (χ2v) is 10.9. The van der Waals surface area contributed by atoms with Gasteiger partial charge in [0.1, 0.15) is 11.9 Å². The Kier molecular flexibility index (Phi) is 6.71. The van der Waals surface area contributed by atoms with E-state index in [-0.39, 0.29) is 18.1 Å². The minimum Gasteiger partial charge on any atom is -0.490 e. The van der Waals surface area contributed by atoms with Gasteiger partial charge in [0.2, 0.25) is 6.41 Å². The molecule has 2 aromatic rings. The number of carbonyl (C=O) groups excluding carboxylic acids is 2. The highest BCUT2D eigenvalue weighted by Gasteiger charge is 2.31. The minimum atomic E-state index is -0.187. The number of benzene rings is 1. The maximum Gasteiger partial charge on any atom is 0.264 e. The molecule has 1 aromatic heterocycles. The molecule has 1 N–H and O–H groups in total. The summed E-state index contributed by atoms with van der Waals surface area (Å²) in [5, 5.41) is 4.05. The van der Waals surface area contributed by atoms with E-state index in [2.05, 4.69) is 27.2 Å². The second kappa shape index (κ2) is 9.89. The van der Waals surface area contributed by atoms with Crippen LogP contribution in [0.2, 0.25) is 0 Å². The Balaban J connectivity index is 1.25. The predicted molar refractivity (Wildman–Crippen MR) is 137 cm³/mol. The number of aliphatic imine (C=N–C) groups is 1. The predicted octanol–water partition coefficient (Wildman–Crippen LogP) is 3.94. The fraction of sp³-hybridized carbons (Fsp3) is 0.417. The lowest BCUT2D eigenvalue weighted by Gasteiger charge is -2.29. The Bertz CT molecular complexity index is 1150. The van der Waals surface area contributed by atoms with Gasteiger partial charge in [-0.05, 0) is 81.3 Å². The normalized spacial score (nSPS) is 21.8. The van der Waals surface area contributed by atoms with Gasteiger partial charge in [0.15, 0.2) is 10.3 Å². The molecule has 10 heteroatoms. The van der Waals surface area contributed by atoms with Crippen LogP contribution in [0.1, 0.15) is 36.1 Å². The first-order valence-corrected chi connectivity index (χ1v) is 13.1. The summed E-state index contributed by atoms with van der Waals surface area (Å²) >= 11 is 2.71. The van der Waals surface area contributed by atoms with Crippen molar-refractivity contribution in [3.8, 4) is 5.75 Å². The zero-order chi connectivity index (χ0) is 23.7. The third-order valence-corrected chi connectivity index (χ3v) is 7.94. The molecule has 0 radical (unpaired) electrons. The van der Waals surface area contributed by atoms with Gasteiger partial charge in [-0.15, -0.1) is 0 Å². The molecule has 1 aliphatic carbocycles. The molecule has 1 saturated carbocycles. The molecule has 3 aliphatic rings. The highest BCUT2D eigenvalue weighted by Crippen LogP contribution is 2.35. The fourth-order valence-electron chi connectivity index (χ4n) is 3.94. The van der Waals surface area contributed by atoms with E-state index in [4.69, 9.17) is 4.74 Å². The van der Waals surface area contributed by atoms with Crippen molar-refractivity contribution in [2.45, 2.75) is 44.8 Å². The minimum absolute atomic E-state index is 0.187. The molecule has 1 aromatic carbocycles. The summed E-state index contributed by atoms with van der Waals surface area (Å²) in [6.45, 7) is 4.11. The summed E-state index contributed by atoms with van der Waals surface area (Å²) in [4.78, 5) is 38.2. The zero-order valence-electron chi connectivity index (χ0n) is 19.2. The SMILES string of the molecule is Cc1cc(OC2CCN(C)CC2)ccc1/N=C1/NC(=O)/C(=C/c2cnc(N(C=O)C3CC3)s2)S1. The third-order valence-electron chi connectivity index (χ3n) is 6.07. The lowest BCUT2D eigenvalue weighted by atomic mass is 10.1. The molecule has 2 aliphatic heterocycles. The summed E-state index contributed by atoms with van der Waals surface area (Å²) in [6.07, 6.45) is 8.67. The average Bonchev–Trinajstić information content (AvgIpc) is 3.45. The van der Waals surface area contributed by atoms with Crippen LogP contribution in [-0.2, 0) is 9.59 Å². The van der Waals surface area contributed by atoms with Crippen LogP contribution < -0.4 is 15.0 Å². The number of nitrogens with zero attached hydrogens (tertiary/aromatic N) is 4. The van der Waals surface area contributed by atoms with Crippen molar-refractivity contribution in [3.63, 3.8) is 0 Å². The number of hydrogen-bond donors (Lipinski definition) is 1. The lowest BCUT2D eigenvalue weighted by molar-refractivity contribution is -0.115. The number of amidine groups is 1. The summed E-state index contributed by atoms with van der Waals surface area (Å²) < 4.78 is 6.17. The van der Waals surface area contributed by atoms with E-state index in [9.17, 15) is 9.59 Å². The lowest BCUT2D eigenvalue weighted by Crippen LogP contribution is -2.35. The maximum absolute atomic E-state index is 12.5. The Morgan fingerprint density at radius 1 is 1.26 bits per heavy atom. The van der Waals surface area contributed by atoms with Gasteiger partial charge in [-0.2, -0.15) is 0 Å². The Hall–Kier alpha value is -2.69. The first-order valence-electron chi connectivity index (χ1n) is 11.4. The van der Waals surface area contributed by atoms with Crippen LogP contribution in [0.4, 0.5) is 10.8 Å². The molecule has 3 heterocycles.